The number of anilines is 1. The van der Waals surface area contributed by atoms with E-state index in [0.717, 1.165) is 5.56 Å². The molecule has 1 heterocycles. The maximum atomic E-state index is 11.9. The van der Waals surface area contributed by atoms with Crippen LogP contribution in [0.1, 0.15) is 43.1 Å². The summed E-state index contributed by atoms with van der Waals surface area (Å²) in [6.45, 7) is 6.27. The summed E-state index contributed by atoms with van der Waals surface area (Å²) in [4.78, 5) is 35.1. The van der Waals surface area contributed by atoms with E-state index < -0.39 is 5.41 Å². The average Bonchev–Trinajstić information content (AvgIpc) is 2.79. The van der Waals surface area contributed by atoms with Gasteiger partial charge in [-0.15, -0.1) is 0 Å². The number of carbonyl (C=O) groups is 3. The summed E-state index contributed by atoms with van der Waals surface area (Å²) in [6, 6.07) is 5.26. The van der Waals surface area contributed by atoms with Gasteiger partial charge >= 0.3 is 0 Å². The second kappa shape index (κ2) is 6.17. The van der Waals surface area contributed by atoms with E-state index in [9.17, 15) is 14.4 Å². The number of carbonyl (C=O) groups excluding carboxylic acids is 3. The Morgan fingerprint density at radius 1 is 1.27 bits per heavy atom. The SMILES string of the molecule is CC(C)(C)C(=O)NCCC(=O)Nc1ccc2c(c1)C(=O)NC2. The highest BCUT2D eigenvalue weighted by Gasteiger charge is 2.21. The number of hydrogen-bond donors (Lipinski definition) is 3. The molecule has 0 atom stereocenters. The van der Waals surface area contributed by atoms with Gasteiger partial charge in [-0.05, 0) is 17.7 Å². The molecular formula is C16H21N3O3. The molecule has 0 aliphatic carbocycles. The van der Waals surface area contributed by atoms with Crippen LogP contribution in [-0.2, 0) is 16.1 Å². The third-order valence-corrected chi connectivity index (χ3v) is 3.40. The van der Waals surface area contributed by atoms with Gasteiger partial charge in [0.2, 0.25) is 11.8 Å². The zero-order valence-corrected chi connectivity index (χ0v) is 13.1. The molecule has 6 nitrogen and oxygen atoms in total. The molecule has 22 heavy (non-hydrogen) atoms. The molecule has 118 valence electrons. The van der Waals surface area contributed by atoms with Gasteiger partial charge in [-0.2, -0.15) is 0 Å². The zero-order valence-electron chi connectivity index (χ0n) is 13.1. The fraction of sp³-hybridized carbons (Fsp3) is 0.438. The van der Waals surface area contributed by atoms with Gasteiger partial charge in [-0.3, -0.25) is 14.4 Å². The molecule has 3 N–H and O–H groups in total. The van der Waals surface area contributed by atoms with Gasteiger partial charge in [0, 0.05) is 36.2 Å². The summed E-state index contributed by atoms with van der Waals surface area (Å²) in [5.41, 5.74) is 1.64. The predicted octanol–water partition coefficient (Wildman–Crippen LogP) is 1.42. The lowest BCUT2D eigenvalue weighted by Crippen LogP contribution is -2.36. The first kappa shape index (κ1) is 16.0. The van der Waals surface area contributed by atoms with Crippen molar-refractivity contribution in [3.8, 4) is 0 Å². The number of fused-ring (bicyclic) bond motifs is 1. The zero-order chi connectivity index (χ0) is 16.3. The van der Waals surface area contributed by atoms with Gasteiger partial charge in [-0.25, -0.2) is 0 Å². The standard InChI is InChI=1S/C16H21N3O3/c1-16(2,3)15(22)17-7-6-13(20)19-11-5-4-10-9-18-14(21)12(10)8-11/h4-5,8H,6-7,9H2,1-3H3,(H,17,22)(H,18,21)(H,19,20). The molecule has 2 rings (SSSR count). The molecule has 0 saturated heterocycles. The number of rotatable bonds is 4. The summed E-state index contributed by atoms with van der Waals surface area (Å²) >= 11 is 0. The van der Waals surface area contributed by atoms with Crippen molar-refractivity contribution in [1.82, 2.24) is 10.6 Å². The van der Waals surface area contributed by atoms with E-state index in [2.05, 4.69) is 16.0 Å². The minimum absolute atomic E-state index is 0.0884. The van der Waals surface area contributed by atoms with Crippen LogP contribution in [-0.4, -0.2) is 24.3 Å². The summed E-state index contributed by atoms with van der Waals surface area (Å²) in [7, 11) is 0. The molecule has 1 aliphatic rings. The Morgan fingerprint density at radius 3 is 2.68 bits per heavy atom. The lowest BCUT2D eigenvalue weighted by Gasteiger charge is -2.17. The van der Waals surface area contributed by atoms with Crippen molar-refractivity contribution in [2.75, 3.05) is 11.9 Å². The summed E-state index contributed by atoms with van der Waals surface area (Å²) < 4.78 is 0. The Kier molecular flexibility index (Phi) is 4.49. The topological polar surface area (TPSA) is 87.3 Å². The molecule has 0 spiro atoms. The monoisotopic (exact) mass is 303 g/mol. The number of nitrogens with one attached hydrogen (secondary N) is 3. The number of hydrogen-bond acceptors (Lipinski definition) is 3. The van der Waals surface area contributed by atoms with Crippen LogP contribution in [0.5, 0.6) is 0 Å². The summed E-state index contributed by atoms with van der Waals surface area (Å²) in [5, 5.41) is 8.19. The Balaban J connectivity index is 1.84. The summed E-state index contributed by atoms with van der Waals surface area (Å²) in [6.07, 6.45) is 0.186. The van der Waals surface area contributed by atoms with Crippen molar-refractivity contribution in [3.05, 3.63) is 29.3 Å². The maximum Gasteiger partial charge on any atom is 0.251 e. The molecule has 6 heteroatoms. The first-order valence-corrected chi connectivity index (χ1v) is 7.26. The molecule has 0 fully saturated rings. The highest BCUT2D eigenvalue weighted by atomic mass is 16.2. The van der Waals surface area contributed by atoms with E-state index in [1.165, 1.54) is 0 Å². The van der Waals surface area contributed by atoms with Crippen LogP contribution >= 0.6 is 0 Å². The molecule has 1 aromatic carbocycles. The lowest BCUT2D eigenvalue weighted by atomic mass is 9.96. The molecule has 3 amide bonds. The van der Waals surface area contributed by atoms with Crippen molar-refractivity contribution in [2.45, 2.75) is 33.7 Å². The number of amides is 3. The van der Waals surface area contributed by atoms with Crippen molar-refractivity contribution < 1.29 is 14.4 Å². The molecule has 1 aliphatic heterocycles. The normalized spacial score (nSPS) is 13.3. The molecule has 0 aromatic heterocycles. The first-order chi connectivity index (χ1) is 10.3. The van der Waals surface area contributed by atoms with Crippen LogP contribution in [0.15, 0.2) is 18.2 Å². The third kappa shape index (κ3) is 3.84. The van der Waals surface area contributed by atoms with Crippen molar-refractivity contribution in [2.24, 2.45) is 5.41 Å². The van der Waals surface area contributed by atoms with Gasteiger partial charge in [0.1, 0.15) is 0 Å². The van der Waals surface area contributed by atoms with Crippen molar-refractivity contribution in [3.63, 3.8) is 0 Å². The fourth-order valence-corrected chi connectivity index (χ4v) is 2.07. The highest BCUT2D eigenvalue weighted by Crippen LogP contribution is 2.20. The van der Waals surface area contributed by atoms with E-state index in [4.69, 9.17) is 0 Å². The van der Waals surface area contributed by atoms with Crippen LogP contribution in [0.4, 0.5) is 5.69 Å². The molecule has 0 bridgehead atoms. The van der Waals surface area contributed by atoms with E-state index in [1.54, 1.807) is 12.1 Å². The lowest BCUT2D eigenvalue weighted by molar-refractivity contribution is -0.128. The Morgan fingerprint density at radius 2 is 2.00 bits per heavy atom. The average molecular weight is 303 g/mol. The second-order valence-electron chi connectivity index (χ2n) is 6.36. The molecule has 0 unspecified atom stereocenters. The van der Waals surface area contributed by atoms with Crippen LogP contribution in [0, 0.1) is 5.41 Å². The predicted molar refractivity (Wildman–Crippen MR) is 83.3 cm³/mol. The van der Waals surface area contributed by atoms with Crippen molar-refractivity contribution in [1.29, 1.82) is 0 Å². The minimum atomic E-state index is -0.468. The van der Waals surface area contributed by atoms with Gasteiger partial charge < -0.3 is 16.0 Å². The van der Waals surface area contributed by atoms with E-state index >= 15 is 0 Å². The second-order valence-corrected chi connectivity index (χ2v) is 6.36. The van der Waals surface area contributed by atoms with Crippen LogP contribution < -0.4 is 16.0 Å². The van der Waals surface area contributed by atoms with E-state index in [-0.39, 0.29) is 30.7 Å². The van der Waals surface area contributed by atoms with Gasteiger partial charge in [0.05, 0.1) is 0 Å². The molecule has 0 radical (unpaired) electrons. The van der Waals surface area contributed by atoms with Gasteiger partial charge in [0.25, 0.3) is 5.91 Å². The highest BCUT2D eigenvalue weighted by molar-refractivity contribution is 6.00. The number of benzene rings is 1. The molecule has 1 aromatic rings. The van der Waals surface area contributed by atoms with E-state index in [0.29, 0.717) is 17.8 Å². The fourth-order valence-electron chi connectivity index (χ4n) is 2.07. The Hall–Kier alpha value is -2.37. The van der Waals surface area contributed by atoms with Gasteiger partial charge in [-0.1, -0.05) is 26.8 Å². The Labute approximate surface area is 129 Å². The van der Waals surface area contributed by atoms with Crippen LogP contribution in [0.25, 0.3) is 0 Å². The minimum Gasteiger partial charge on any atom is -0.355 e. The smallest absolute Gasteiger partial charge is 0.251 e. The van der Waals surface area contributed by atoms with Crippen molar-refractivity contribution >= 4 is 23.4 Å². The van der Waals surface area contributed by atoms with Gasteiger partial charge in [0.15, 0.2) is 0 Å². The maximum absolute atomic E-state index is 11.9. The van der Waals surface area contributed by atoms with Crippen LogP contribution in [0.2, 0.25) is 0 Å². The first-order valence-electron chi connectivity index (χ1n) is 7.26. The largest absolute Gasteiger partial charge is 0.355 e. The van der Waals surface area contributed by atoms with Crippen LogP contribution in [0.3, 0.4) is 0 Å². The van der Waals surface area contributed by atoms with E-state index in [1.807, 2.05) is 26.8 Å². The Bertz CT molecular complexity index is 618. The molecule has 0 saturated carbocycles. The quantitative estimate of drug-likeness (QED) is 0.786. The third-order valence-electron chi connectivity index (χ3n) is 3.40. The summed E-state index contributed by atoms with van der Waals surface area (Å²) in [5.74, 6) is -0.411. The molecular weight excluding hydrogens is 282 g/mol.